The third-order valence-corrected chi connectivity index (χ3v) is 5.74. The van der Waals surface area contributed by atoms with E-state index in [1.54, 1.807) is 34.0 Å². The van der Waals surface area contributed by atoms with Crippen molar-refractivity contribution in [1.82, 2.24) is 24.3 Å². The Bertz CT molecular complexity index is 1350. The molecule has 0 unspecified atom stereocenters. The van der Waals surface area contributed by atoms with Crippen LogP contribution in [0.15, 0.2) is 43.0 Å². The maximum Gasteiger partial charge on any atom is 0.417 e. The third kappa shape index (κ3) is 3.60. The highest BCUT2D eigenvalue weighted by molar-refractivity contribution is 6.34. The number of halogens is 4. The van der Waals surface area contributed by atoms with Gasteiger partial charge in [0.2, 0.25) is 0 Å². The van der Waals surface area contributed by atoms with Crippen molar-refractivity contribution in [2.75, 3.05) is 5.73 Å². The minimum atomic E-state index is -4.47. The first-order valence-electron chi connectivity index (χ1n) is 9.76. The molecule has 0 atom stereocenters. The lowest BCUT2D eigenvalue weighted by Gasteiger charge is -2.23. The van der Waals surface area contributed by atoms with Gasteiger partial charge in [-0.3, -0.25) is 14.2 Å². The Labute approximate surface area is 184 Å². The second kappa shape index (κ2) is 7.33. The summed E-state index contributed by atoms with van der Waals surface area (Å²) >= 11 is 6.42. The van der Waals surface area contributed by atoms with E-state index in [-0.39, 0.29) is 34.9 Å². The number of nitrogen functional groups attached to an aromatic ring is 1. The molecule has 1 fully saturated rings. The van der Waals surface area contributed by atoms with E-state index in [1.807, 2.05) is 0 Å². The number of pyridine rings is 1. The van der Waals surface area contributed by atoms with E-state index >= 15 is 0 Å². The van der Waals surface area contributed by atoms with Crippen LogP contribution in [-0.4, -0.2) is 36.2 Å². The minimum absolute atomic E-state index is 0.0174. The maximum absolute atomic E-state index is 13.4. The lowest BCUT2D eigenvalue weighted by Crippen LogP contribution is -2.33. The lowest BCUT2D eigenvalue weighted by atomic mass is 10.1. The van der Waals surface area contributed by atoms with Crippen LogP contribution in [0, 0.1) is 0 Å². The zero-order chi connectivity index (χ0) is 22.6. The summed E-state index contributed by atoms with van der Waals surface area (Å²) in [5.74, 6) is -0.0377. The van der Waals surface area contributed by atoms with Gasteiger partial charge in [-0.2, -0.15) is 13.2 Å². The Morgan fingerprint density at radius 3 is 2.66 bits per heavy atom. The van der Waals surface area contributed by atoms with Crippen LogP contribution in [0.2, 0.25) is 5.02 Å². The molecule has 1 amide bonds. The van der Waals surface area contributed by atoms with Gasteiger partial charge >= 0.3 is 6.18 Å². The van der Waals surface area contributed by atoms with Crippen LogP contribution in [0.4, 0.5) is 19.0 Å². The summed E-state index contributed by atoms with van der Waals surface area (Å²) < 4.78 is 40.2. The van der Waals surface area contributed by atoms with Crippen molar-refractivity contribution in [3.8, 4) is 0 Å². The number of hydrogen-bond acceptors (Lipinski definition) is 5. The molecule has 1 aliphatic carbocycles. The molecule has 0 saturated heterocycles. The number of fused-ring (bicyclic) bond motifs is 3. The minimum Gasteiger partial charge on any atom is -0.382 e. The second-order valence-corrected chi connectivity index (χ2v) is 8.07. The number of nitrogens with two attached hydrogens (primary N) is 1. The van der Waals surface area contributed by atoms with E-state index in [9.17, 15) is 18.0 Å². The molecule has 1 aromatic carbocycles. The number of amides is 1. The Morgan fingerprint density at radius 2 is 2.00 bits per heavy atom. The lowest BCUT2D eigenvalue weighted by molar-refractivity contribution is -0.137. The average molecular weight is 461 g/mol. The number of imidazole rings is 1. The van der Waals surface area contributed by atoms with Crippen LogP contribution < -0.4 is 5.73 Å². The Balaban J connectivity index is 1.51. The topological polar surface area (TPSA) is 89.4 Å². The number of alkyl halides is 3. The maximum atomic E-state index is 13.4. The number of carbonyl (C=O) groups excluding carboxylic acids is 1. The highest BCUT2D eigenvalue weighted by Gasteiger charge is 2.35. The molecule has 5 rings (SSSR count). The average Bonchev–Trinajstić information content (AvgIpc) is 3.46. The molecule has 1 saturated carbocycles. The Hall–Kier alpha value is -3.40. The molecule has 3 heterocycles. The fraction of sp³-hybridized carbons (Fsp3) is 0.238. The largest absolute Gasteiger partial charge is 0.417 e. The molecule has 2 N–H and O–H groups in total. The summed E-state index contributed by atoms with van der Waals surface area (Å²) in [7, 11) is 0. The van der Waals surface area contributed by atoms with Crippen LogP contribution in [0.25, 0.3) is 16.6 Å². The number of hydrogen-bond donors (Lipinski definition) is 1. The zero-order valence-electron chi connectivity index (χ0n) is 16.5. The van der Waals surface area contributed by atoms with Gasteiger partial charge in [0.15, 0.2) is 0 Å². The van der Waals surface area contributed by atoms with Gasteiger partial charge in [0.1, 0.15) is 11.3 Å². The molecule has 0 bridgehead atoms. The predicted molar refractivity (Wildman–Crippen MR) is 112 cm³/mol. The van der Waals surface area contributed by atoms with Crippen LogP contribution in [-0.2, 0) is 12.7 Å². The quantitative estimate of drug-likeness (QED) is 0.489. The molecular formula is C21H16ClF3N6O. The number of carbonyl (C=O) groups is 1. The summed E-state index contributed by atoms with van der Waals surface area (Å²) in [5.41, 5.74) is 7.49. The van der Waals surface area contributed by atoms with E-state index < -0.39 is 11.7 Å². The molecule has 3 aromatic heterocycles. The standard InChI is InChI=1S/C21H16ClF3N6O/c22-15-6-16-17(31-10-27-8-18(31)19(26)29-16)5-14(15)20(32)30(13-3-4-13)9-12-2-1-11(7-28-12)21(23,24)25/h1-2,5-8,10,13H,3-4,9H2,(H2,26,29). The SMILES string of the molecule is Nc1nc2cc(Cl)c(C(=O)N(Cc3ccc(C(F)(F)F)cn3)C3CC3)cc2n2cncc12. The Morgan fingerprint density at radius 1 is 1.22 bits per heavy atom. The van der Waals surface area contributed by atoms with Crippen molar-refractivity contribution in [3.63, 3.8) is 0 Å². The normalized spacial score (nSPS) is 14.2. The number of nitrogens with zero attached hydrogens (tertiary/aromatic N) is 5. The highest BCUT2D eigenvalue weighted by Crippen LogP contribution is 2.33. The van der Waals surface area contributed by atoms with Gasteiger partial charge < -0.3 is 10.6 Å². The van der Waals surface area contributed by atoms with Crippen LogP contribution in [0.1, 0.15) is 34.5 Å². The summed E-state index contributed by atoms with van der Waals surface area (Å²) in [5, 5.41) is 0.208. The van der Waals surface area contributed by atoms with Crippen molar-refractivity contribution >= 4 is 39.9 Å². The van der Waals surface area contributed by atoms with Gasteiger partial charge in [-0.1, -0.05) is 11.6 Å². The first-order valence-corrected chi connectivity index (χ1v) is 10.1. The van der Waals surface area contributed by atoms with Crippen molar-refractivity contribution < 1.29 is 18.0 Å². The fourth-order valence-corrected chi connectivity index (χ4v) is 3.87. The summed E-state index contributed by atoms with van der Waals surface area (Å²) in [4.78, 5) is 27.3. The molecule has 4 aromatic rings. The first kappa shape index (κ1) is 20.5. The van der Waals surface area contributed by atoms with Gasteiger partial charge in [0, 0.05) is 12.2 Å². The number of rotatable bonds is 4. The molecule has 0 spiro atoms. The van der Waals surface area contributed by atoms with Gasteiger partial charge in [-0.05, 0) is 37.1 Å². The van der Waals surface area contributed by atoms with Crippen LogP contribution in [0.3, 0.4) is 0 Å². The molecule has 1 aliphatic rings. The van der Waals surface area contributed by atoms with E-state index in [0.717, 1.165) is 25.1 Å². The number of aromatic nitrogens is 4. The monoisotopic (exact) mass is 460 g/mol. The first-order chi connectivity index (χ1) is 15.2. The highest BCUT2D eigenvalue weighted by atomic mass is 35.5. The van der Waals surface area contributed by atoms with Crippen LogP contribution in [0.5, 0.6) is 0 Å². The molecule has 0 radical (unpaired) electrons. The molecule has 11 heteroatoms. The smallest absolute Gasteiger partial charge is 0.382 e. The zero-order valence-corrected chi connectivity index (χ0v) is 17.2. The van der Waals surface area contributed by atoms with Gasteiger partial charge in [0.05, 0.1) is 51.9 Å². The van der Waals surface area contributed by atoms with E-state index in [2.05, 4.69) is 15.0 Å². The summed E-state index contributed by atoms with van der Waals surface area (Å²) in [6.45, 7) is 0.0798. The number of anilines is 1. The fourth-order valence-electron chi connectivity index (χ4n) is 3.63. The molecule has 0 aliphatic heterocycles. The van der Waals surface area contributed by atoms with Gasteiger partial charge in [-0.25, -0.2) is 9.97 Å². The van der Waals surface area contributed by atoms with E-state index in [0.29, 0.717) is 22.2 Å². The molecule has 164 valence electrons. The predicted octanol–water partition coefficient (Wildman–Crippen LogP) is 4.34. The van der Waals surface area contributed by atoms with E-state index in [4.69, 9.17) is 17.3 Å². The van der Waals surface area contributed by atoms with Crippen molar-refractivity contribution in [3.05, 3.63) is 64.8 Å². The Kier molecular flexibility index (Phi) is 4.70. The number of benzene rings is 1. The van der Waals surface area contributed by atoms with Crippen LogP contribution >= 0.6 is 11.6 Å². The second-order valence-electron chi connectivity index (χ2n) is 7.67. The summed E-state index contributed by atoms with van der Waals surface area (Å²) in [6, 6.07) is 5.44. The van der Waals surface area contributed by atoms with Crippen molar-refractivity contribution in [1.29, 1.82) is 0 Å². The van der Waals surface area contributed by atoms with Gasteiger partial charge in [0.25, 0.3) is 5.91 Å². The van der Waals surface area contributed by atoms with Crippen molar-refractivity contribution in [2.45, 2.75) is 31.6 Å². The third-order valence-electron chi connectivity index (χ3n) is 5.43. The molecule has 7 nitrogen and oxygen atoms in total. The molecule has 32 heavy (non-hydrogen) atoms. The van der Waals surface area contributed by atoms with E-state index in [1.165, 1.54) is 6.07 Å². The molecular weight excluding hydrogens is 445 g/mol. The summed E-state index contributed by atoms with van der Waals surface area (Å²) in [6.07, 6.45) is 1.07. The van der Waals surface area contributed by atoms with Crippen molar-refractivity contribution in [2.24, 2.45) is 0 Å². The van der Waals surface area contributed by atoms with Gasteiger partial charge in [-0.15, -0.1) is 0 Å².